The minimum atomic E-state index is 0.129. The molecule has 0 amide bonds. The molecule has 0 radical (unpaired) electrons. The molecule has 20 heavy (non-hydrogen) atoms. The van der Waals surface area contributed by atoms with Gasteiger partial charge in [-0.15, -0.1) is 0 Å². The van der Waals surface area contributed by atoms with Crippen molar-refractivity contribution < 1.29 is 13.9 Å². The maximum Gasteiger partial charge on any atom is 0.126 e. The summed E-state index contributed by atoms with van der Waals surface area (Å²) in [6, 6.07) is 12.0. The standard InChI is InChI=1S/C16H21NO3/c1-12-4-9-16(20-12)13(2)17-14-5-7-15(8-6-14)19-11-10-18-3/h4-9,13,17H,10-11H2,1-3H3. The zero-order valence-corrected chi connectivity index (χ0v) is 12.2. The van der Waals surface area contributed by atoms with Crippen LogP contribution in [0.25, 0.3) is 0 Å². The van der Waals surface area contributed by atoms with Crippen LogP contribution in [0.5, 0.6) is 5.75 Å². The molecule has 1 atom stereocenters. The molecule has 0 aliphatic heterocycles. The van der Waals surface area contributed by atoms with Gasteiger partial charge < -0.3 is 19.2 Å². The molecule has 4 heteroatoms. The Labute approximate surface area is 119 Å². The fraction of sp³-hybridized carbons (Fsp3) is 0.375. The molecule has 1 unspecified atom stereocenters. The van der Waals surface area contributed by atoms with Gasteiger partial charge in [-0.05, 0) is 50.2 Å². The smallest absolute Gasteiger partial charge is 0.126 e. The minimum Gasteiger partial charge on any atom is -0.491 e. The number of anilines is 1. The Bertz CT molecular complexity index is 519. The zero-order chi connectivity index (χ0) is 14.4. The normalized spacial score (nSPS) is 12.2. The second kappa shape index (κ2) is 7.01. The van der Waals surface area contributed by atoms with Crippen molar-refractivity contribution >= 4 is 5.69 Å². The van der Waals surface area contributed by atoms with E-state index in [0.29, 0.717) is 13.2 Å². The summed E-state index contributed by atoms with van der Waals surface area (Å²) in [6.45, 7) is 5.17. The summed E-state index contributed by atoms with van der Waals surface area (Å²) in [4.78, 5) is 0. The number of hydrogen-bond acceptors (Lipinski definition) is 4. The summed E-state index contributed by atoms with van der Waals surface area (Å²) in [5.74, 6) is 2.70. The van der Waals surface area contributed by atoms with Gasteiger partial charge in [0.15, 0.2) is 0 Å². The molecule has 108 valence electrons. The van der Waals surface area contributed by atoms with Gasteiger partial charge in [-0.2, -0.15) is 0 Å². The van der Waals surface area contributed by atoms with Gasteiger partial charge >= 0.3 is 0 Å². The molecule has 1 heterocycles. The van der Waals surface area contributed by atoms with Gasteiger partial charge in [-0.1, -0.05) is 0 Å². The van der Waals surface area contributed by atoms with Gasteiger partial charge in [-0.3, -0.25) is 0 Å². The Hall–Kier alpha value is -1.94. The molecule has 4 nitrogen and oxygen atoms in total. The van der Waals surface area contributed by atoms with E-state index in [4.69, 9.17) is 13.9 Å². The van der Waals surface area contributed by atoms with Crippen molar-refractivity contribution in [3.63, 3.8) is 0 Å². The van der Waals surface area contributed by atoms with Crippen molar-refractivity contribution in [2.45, 2.75) is 19.9 Å². The van der Waals surface area contributed by atoms with Crippen LogP contribution in [0.4, 0.5) is 5.69 Å². The molecule has 1 aromatic carbocycles. The number of hydrogen-bond donors (Lipinski definition) is 1. The van der Waals surface area contributed by atoms with E-state index < -0.39 is 0 Å². The Morgan fingerprint density at radius 3 is 2.45 bits per heavy atom. The molecule has 0 saturated carbocycles. The Morgan fingerprint density at radius 2 is 1.85 bits per heavy atom. The monoisotopic (exact) mass is 275 g/mol. The maximum absolute atomic E-state index is 5.61. The van der Waals surface area contributed by atoms with Crippen LogP contribution in [0, 0.1) is 6.92 Å². The van der Waals surface area contributed by atoms with E-state index in [2.05, 4.69) is 12.2 Å². The van der Waals surface area contributed by atoms with Crippen molar-refractivity contribution in [1.29, 1.82) is 0 Å². The molecule has 2 rings (SSSR count). The third-order valence-electron chi connectivity index (χ3n) is 2.98. The zero-order valence-electron chi connectivity index (χ0n) is 12.2. The lowest BCUT2D eigenvalue weighted by molar-refractivity contribution is 0.146. The Kier molecular flexibility index (Phi) is 5.07. The molecule has 1 aromatic heterocycles. The van der Waals surface area contributed by atoms with Crippen LogP contribution in [-0.4, -0.2) is 20.3 Å². The molecular formula is C16H21NO3. The van der Waals surface area contributed by atoms with Gasteiger partial charge in [0.05, 0.1) is 12.6 Å². The highest BCUT2D eigenvalue weighted by Gasteiger charge is 2.09. The van der Waals surface area contributed by atoms with E-state index in [0.717, 1.165) is 23.0 Å². The summed E-state index contributed by atoms with van der Waals surface area (Å²) >= 11 is 0. The van der Waals surface area contributed by atoms with Crippen LogP contribution < -0.4 is 10.1 Å². The van der Waals surface area contributed by atoms with Crippen LogP contribution >= 0.6 is 0 Å². The SMILES string of the molecule is COCCOc1ccc(NC(C)c2ccc(C)o2)cc1. The molecule has 0 saturated heterocycles. The fourth-order valence-electron chi connectivity index (χ4n) is 1.90. The van der Waals surface area contributed by atoms with Crippen molar-refractivity contribution in [2.75, 3.05) is 25.6 Å². The van der Waals surface area contributed by atoms with Crippen molar-refractivity contribution in [2.24, 2.45) is 0 Å². The van der Waals surface area contributed by atoms with E-state index in [-0.39, 0.29) is 6.04 Å². The van der Waals surface area contributed by atoms with E-state index in [1.54, 1.807) is 7.11 Å². The first-order valence-electron chi connectivity index (χ1n) is 6.73. The quantitative estimate of drug-likeness (QED) is 0.781. The average molecular weight is 275 g/mol. The van der Waals surface area contributed by atoms with Crippen LogP contribution in [0.1, 0.15) is 24.5 Å². The lowest BCUT2D eigenvalue weighted by Crippen LogP contribution is -2.06. The van der Waals surface area contributed by atoms with Crippen molar-refractivity contribution in [3.05, 3.63) is 47.9 Å². The molecular weight excluding hydrogens is 254 g/mol. The van der Waals surface area contributed by atoms with Crippen LogP contribution in [0.15, 0.2) is 40.8 Å². The highest BCUT2D eigenvalue weighted by molar-refractivity contribution is 5.47. The number of aryl methyl sites for hydroxylation is 1. The van der Waals surface area contributed by atoms with Gasteiger partial charge in [0.1, 0.15) is 23.9 Å². The fourth-order valence-corrected chi connectivity index (χ4v) is 1.90. The van der Waals surface area contributed by atoms with E-state index in [9.17, 15) is 0 Å². The predicted octanol–water partition coefficient (Wildman–Crippen LogP) is 3.79. The first-order chi connectivity index (χ1) is 9.69. The summed E-state index contributed by atoms with van der Waals surface area (Å²) in [7, 11) is 1.66. The van der Waals surface area contributed by atoms with Gasteiger partial charge in [0, 0.05) is 12.8 Å². The molecule has 1 N–H and O–H groups in total. The van der Waals surface area contributed by atoms with E-state index >= 15 is 0 Å². The number of benzene rings is 1. The second-order valence-corrected chi connectivity index (χ2v) is 4.68. The summed E-state index contributed by atoms with van der Waals surface area (Å²) in [5, 5.41) is 3.39. The first kappa shape index (κ1) is 14.5. The third kappa shape index (κ3) is 4.03. The predicted molar refractivity (Wildman–Crippen MR) is 79.3 cm³/mol. The molecule has 0 spiro atoms. The Morgan fingerprint density at radius 1 is 1.10 bits per heavy atom. The molecule has 0 aliphatic carbocycles. The number of ether oxygens (including phenoxy) is 2. The van der Waals surface area contributed by atoms with E-state index in [1.165, 1.54) is 0 Å². The van der Waals surface area contributed by atoms with Gasteiger partial charge in [0.2, 0.25) is 0 Å². The lowest BCUT2D eigenvalue weighted by Gasteiger charge is -2.13. The van der Waals surface area contributed by atoms with E-state index in [1.807, 2.05) is 43.3 Å². The lowest BCUT2D eigenvalue weighted by atomic mass is 10.2. The third-order valence-corrected chi connectivity index (χ3v) is 2.98. The topological polar surface area (TPSA) is 43.6 Å². The number of nitrogens with one attached hydrogen (secondary N) is 1. The summed E-state index contributed by atoms with van der Waals surface area (Å²) < 4.78 is 16.1. The van der Waals surface area contributed by atoms with Crippen LogP contribution in [-0.2, 0) is 4.74 Å². The molecule has 2 aromatic rings. The molecule has 0 bridgehead atoms. The summed E-state index contributed by atoms with van der Waals surface area (Å²) in [6.07, 6.45) is 0. The highest BCUT2D eigenvalue weighted by atomic mass is 16.5. The van der Waals surface area contributed by atoms with Crippen molar-refractivity contribution in [3.8, 4) is 5.75 Å². The highest BCUT2D eigenvalue weighted by Crippen LogP contribution is 2.22. The summed E-state index contributed by atoms with van der Waals surface area (Å²) in [5.41, 5.74) is 1.03. The van der Waals surface area contributed by atoms with Gasteiger partial charge in [-0.25, -0.2) is 0 Å². The number of methoxy groups -OCH3 is 1. The van der Waals surface area contributed by atoms with Crippen LogP contribution in [0.3, 0.4) is 0 Å². The first-order valence-corrected chi connectivity index (χ1v) is 6.73. The number of rotatable bonds is 7. The Balaban J connectivity index is 1.90. The average Bonchev–Trinajstić information content (AvgIpc) is 2.88. The minimum absolute atomic E-state index is 0.129. The maximum atomic E-state index is 5.61. The second-order valence-electron chi connectivity index (χ2n) is 4.68. The molecule has 0 fully saturated rings. The van der Waals surface area contributed by atoms with Gasteiger partial charge in [0.25, 0.3) is 0 Å². The largest absolute Gasteiger partial charge is 0.491 e. The van der Waals surface area contributed by atoms with Crippen molar-refractivity contribution in [1.82, 2.24) is 0 Å². The van der Waals surface area contributed by atoms with Crippen LogP contribution in [0.2, 0.25) is 0 Å². The molecule has 0 aliphatic rings. The number of furan rings is 1.